The highest BCUT2D eigenvalue weighted by Crippen LogP contribution is 2.50. The third kappa shape index (κ3) is 2.70. The maximum absolute atomic E-state index is 11.0. The summed E-state index contributed by atoms with van der Waals surface area (Å²) >= 11 is 0. The molecule has 4 atom stereocenters. The Balaban J connectivity index is 1.61. The summed E-state index contributed by atoms with van der Waals surface area (Å²) < 4.78 is 0. The first-order chi connectivity index (χ1) is 9.63. The molecule has 1 N–H and O–H groups in total. The Hall–Kier alpha value is -1.42. The molecule has 4 nitrogen and oxygen atoms in total. The van der Waals surface area contributed by atoms with E-state index in [2.05, 4.69) is 0 Å². The Morgan fingerprint density at radius 3 is 2.75 bits per heavy atom. The van der Waals surface area contributed by atoms with Crippen LogP contribution in [0.3, 0.4) is 0 Å². The van der Waals surface area contributed by atoms with Crippen molar-refractivity contribution in [3.8, 4) is 0 Å². The van der Waals surface area contributed by atoms with Crippen molar-refractivity contribution in [2.75, 3.05) is 0 Å². The summed E-state index contributed by atoms with van der Waals surface area (Å²) in [5.74, 6) is 2.30. The van der Waals surface area contributed by atoms with Crippen LogP contribution in [0.15, 0.2) is 24.3 Å². The maximum atomic E-state index is 11.0. The van der Waals surface area contributed by atoms with Gasteiger partial charge in [-0.1, -0.05) is 24.6 Å². The van der Waals surface area contributed by atoms with Crippen LogP contribution in [-0.2, 0) is 6.42 Å². The van der Waals surface area contributed by atoms with Gasteiger partial charge >= 0.3 is 0 Å². The molecule has 2 saturated carbocycles. The zero-order chi connectivity index (χ0) is 14.1. The van der Waals surface area contributed by atoms with Gasteiger partial charge in [0.05, 0.1) is 11.0 Å². The van der Waals surface area contributed by atoms with E-state index in [9.17, 15) is 15.2 Å². The number of nitrogens with zero attached hydrogens (tertiary/aromatic N) is 1. The molecule has 3 rings (SSSR count). The topological polar surface area (TPSA) is 63.4 Å². The van der Waals surface area contributed by atoms with Crippen LogP contribution in [0, 0.1) is 27.9 Å². The van der Waals surface area contributed by atoms with Gasteiger partial charge in [0.15, 0.2) is 0 Å². The number of rotatable bonds is 5. The van der Waals surface area contributed by atoms with Gasteiger partial charge in [0.1, 0.15) is 0 Å². The molecule has 1 aromatic rings. The molecule has 0 saturated heterocycles. The fourth-order valence-corrected chi connectivity index (χ4v) is 4.21. The quantitative estimate of drug-likeness (QED) is 0.662. The molecular formula is C16H21NO3. The third-order valence-electron chi connectivity index (χ3n) is 5.10. The highest BCUT2D eigenvalue weighted by Gasteiger charge is 2.40. The molecule has 2 aliphatic rings. The van der Waals surface area contributed by atoms with Crippen molar-refractivity contribution in [2.45, 2.75) is 44.6 Å². The van der Waals surface area contributed by atoms with E-state index in [-0.39, 0.29) is 10.6 Å². The third-order valence-corrected chi connectivity index (χ3v) is 5.10. The van der Waals surface area contributed by atoms with Gasteiger partial charge in [0.25, 0.3) is 5.69 Å². The van der Waals surface area contributed by atoms with Crippen LogP contribution in [0.2, 0.25) is 0 Å². The van der Waals surface area contributed by atoms with E-state index in [4.69, 9.17) is 0 Å². The first kappa shape index (κ1) is 13.6. The maximum Gasteiger partial charge on any atom is 0.272 e. The fraction of sp³-hybridized carbons (Fsp3) is 0.625. The highest BCUT2D eigenvalue weighted by molar-refractivity contribution is 5.40. The second-order valence-electron chi connectivity index (χ2n) is 6.41. The molecule has 0 amide bonds. The van der Waals surface area contributed by atoms with Crippen molar-refractivity contribution < 1.29 is 10.0 Å². The Kier molecular flexibility index (Phi) is 3.74. The van der Waals surface area contributed by atoms with Crippen LogP contribution in [-0.4, -0.2) is 16.1 Å². The second-order valence-corrected chi connectivity index (χ2v) is 6.41. The minimum atomic E-state index is -0.458. The minimum absolute atomic E-state index is 0.125. The van der Waals surface area contributed by atoms with Gasteiger partial charge in [-0.05, 0) is 43.4 Å². The van der Waals surface area contributed by atoms with Gasteiger partial charge in [-0.15, -0.1) is 0 Å². The molecule has 108 valence electrons. The fourth-order valence-electron chi connectivity index (χ4n) is 4.21. The van der Waals surface area contributed by atoms with Crippen molar-refractivity contribution in [3.05, 3.63) is 39.9 Å². The van der Waals surface area contributed by atoms with E-state index >= 15 is 0 Å². The first-order valence-corrected chi connectivity index (χ1v) is 7.54. The predicted octanol–water partition coefficient (Wildman–Crippen LogP) is 3.32. The van der Waals surface area contributed by atoms with Gasteiger partial charge in [-0.25, -0.2) is 0 Å². The SMILES string of the molecule is O=[N+]([O-])c1ccccc1CC(O)CC1CC2CCC1C2. The largest absolute Gasteiger partial charge is 0.393 e. The summed E-state index contributed by atoms with van der Waals surface area (Å²) in [5.41, 5.74) is 0.771. The smallest absolute Gasteiger partial charge is 0.272 e. The van der Waals surface area contributed by atoms with E-state index in [1.165, 1.54) is 31.7 Å². The standard InChI is InChI=1S/C16H21NO3/c18-15(10-14-8-11-5-6-12(14)7-11)9-13-3-1-2-4-16(13)17(19)20/h1-4,11-12,14-15,18H,5-10H2. The van der Waals surface area contributed by atoms with Crippen LogP contribution < -0.4 is 0 Å². The average Bonchev–Trinajstić information content (AvgIpc) is 3.01. The van der Waals surface area contributed by atoms with E-state index in [0.717, 1.165) is 18.3 Å². The van der Waals surface area contributed by atoms with E-state index in [1.807, 2.05) is 0 Å². The van der Waals surface area contributed by atoms with Crippen LogP contribution >= 0.6 is 0 Å². The average molecular weight is 275 g/mol. The summed E-state index contributed by atoms with van der Waals surface area (Å²) in [5, 5.41) is 21.3. The van der Waals surface area contributed by atoms with Crippen molar-refractivity contribution in [3.63, 3.8) is 0 Å². The molecule has 2 fully saturated rings. The number of nitro benzene ring substituents is 1. The molecule has 0 aromatic heterocycles. The number of para-hydroxylation sites is 1. The molecule has 1 aromatic carbocycles. The Bertz CT molecular complexity index is 502. The molecule has 4 unspecified atom stereocenters. The molecule has 0 spiro atoms. The van der Waals surface area contributed by atoms with Gasteiger partial charge in [-0.3, -0.25) is 10.1 Å². The summed E-state index contributed by atoms with van der Waals surface area (Å²) in [6.45, 7) is 0. The van der Waals surface area contributed by atoms with Gasteiger partial charge in [0.2, 0.25) is 0 Å². The first-order valence-electron chi connectivity index (χ1n) is 7.54. The minimum Gasteiger partial charge on any atom is -0.393 e. The van der Waals surface area contributed by atoms with Crippen LogP contribution in [0.4, 0.5) is 5.69 Å². The molecule has 20 heavy (non-hydrogen) atoms. The lowest BCUT2D eigenvalue weighted by molar-refractivity contribution is -0.385. The van der Waals surface area contributed by atoms with Crippen molar-refractivity contribution in [1.29, 1.82) is 0 Å². The van der Waals surface area contributed by atoms with E-state index in [0.29, 0.717) is 17.9 Å². The Morgan fingerprint density at radius 2 is 2.10 bits per heavy atom. The summed E-state index contributed by atoms with van der Waals surface area (Å²) in [4.78, 5) is 10.6. The molecular weight excluding hydrogens is 254 g/mol. The lowest BCUT2D eigenvalue weighted by Gasteiger charge is -2.24. The van der Waals surface area contributed by atoms with Crippen molar-refractivity contribution in [2.24, 2.45) is 17.8 Å². The molecule has 0 radical (unpaired) electrons. The van der Waals surface area contributed by atoms with Crippen molar-refractivity contribution in [1.82, 2.24) is 0 Å². The summed E-state index contributed by atoms with van der Waals surface area (Å²) in [6, 6.07) is 6.73. The number of nitro groups is 1. The zero-order valence-electron chi connectivity index (χ0n) is 11.6. The molecule has 0 heterocycles. The Labute approximate surface area is 119 Å². The van der Waals surface area contributed by atoms with Gasteiger partial charge in [-0.2, -0.15) is 0 Å². The normalized spacial score (nSPS) is 29.6. The number of hydrogen-bond acceptors (Lipinski definition) is 3. The molecule has 2 bridgehead atoms. The molecule has 2 aliphatic carbocycles. The van der Waals surface area contributed by atoms with E-state index in [1.54, 1.807) is 18.2 Å². The number of fused-ring (bicyclic) bond motifs is 2. The van der Waals surface area contributed by atoms with E-state index < -0.39 is 6.10 Å². The summed E-state index contributed by atoms with van der Waals surface area (Å²) in [6.07, 6.45) is 6.00. The number of benzene rings is 1. The van der Waals surface area contributed by atoms with Crippen LogP contribution in [0.25, 0.3) is 0 Å². The second kappa shape index (κ2) is 5.52. The Morgan fingerprint density at radius 1 is 1.30 bits per heavy atom. The number of aliphatic hydroxyl groups is 1. The summed E-state index contributed by atoms with van der Waals surface area (Å²) in [7, 11) is 0. The van der Waals surface area contributed by atoms with Crippen LogP contribution in [0.1, 0.15) is 37.7 Å². The molecule has 4 heteroatoms. The predicted molar refractivity (Wildman–Crippen MR) is 76.4 cm³/mol. The van der Waals surface area contributed by atoms with Crippen molar-refractivity contribution >= 4 is 5.69 Å². The number of hydrogen-bond donors (Lipinski definition) is 1. The zero-order valence-corrected chi connectivity index (χ0v) is 11.6. The lowest BCUT2D eigenvalue weighted by Crippen LogP contribution is -2.20. The highest BCUT2D eigenvalue weighted by atomic mass is 16.6. The van der Waals surface area contributed by atoms with Crippen LogP contribution in [0.5, 0.6) is 0 Å². The van der Waals surface area contributed by atoms with Gasteiger partial charge in [0, 0.05) is 18.1 Å². The lowest BCUT2D eigenvalue weighted by atomic mass is 9.84. The molecule has 0 aliphatic heterocycles. The number of aliphatic hydroxyl groups excluding tert-OH is 1. The van der Waals surface area contributed by atoms with Gasteiger partial charge < -0.3 is 5.11 Å². The monoisotopic (exact) mass is 275 g/mol.